The average Bonchev–Trinajstić information content (AvgIpc) is 2.90. The van der Waals surface area contributed by atoms with Crippen molar-refractivity contribution >= 4 is 45.8 Å². The van der Waals surface area contributed by atoms with E-state index in [4.69, 9.17) is 21.1 Å². The summed E-state index contributed by atoms with van der Waals surface area (Å²) < 4.78 is 13.2. The normalized spacial score (nSPS) is 11.7. The number of nitro benzene ring substituents is 1. The smallest absolute Gasteiger partial charge is 0.341 e. The van der Waals surface area contributed by atoms with Crippen molar-refractivity contribution in [2.75, 3.05) is 20.3 Å². The number of methoxy groups -OCH3 is 1. The molecule has 3 aromatic heterocycles. The van der Waals surface area contributed by atoms with Gasteiger partial charge in [-0.05, 0) is 43.7 Å². The molecule has 0 spiro atoms. The van der Waals surface area contributed by atoms with E-state index < -0.39 is 28.0 Å². The number of pyridine rings is 2. The van der Waals surface area contributed by atoms with Gasteiger partial charge in [0.1, 0.15) is 21.9 Å². The van der Waals surface area contributed by atoms with Gasteiger partial charge in [0, 0.05) is 38.1 Å². The summed E-state index contributed by atoms with van der Waals surface area (Å²) in [6.45, 7) is 2.16. The molecule has 0 aliphatic rings. The Morgan fingerprint density at radius 2 is 2.00 bits per heavy atom. The molecule has 0 bridgehead atoms. The second kappa shape index (κ2) is 11.3. The zero-order valence-electron chi connectivity index (χ0n) is 20.4. The topological polar surface area (TPSA) is 147 Å². The number of halogens is 1. The van der Waals surface area contributed by atoms with Crippen LogP contribution in [0.1, 0.15) is 34.1 Å². The van der Waals surface area contributed by atoms with Crippen molar-refractivity contribution < 1.29 is 24.0 Å². The Morgan fingerprint density at radius 1 is 1.21 bits per heavy atom. The lowest BCUT2D eigenvalue weighted by Gasteiger charge is -2.15. The Kier molecular flexibility index (Phi) is 7.93. The molecule has 38 heavy (non-hydrogen) atoms. The van der Waals surface area contributed by atoms with Crippen molar-refractivity contribution in [3.63, 3.8) is 0 Å². The van der Waals surface area contributed by atoms with Gasteiger partial charge in [0.2, 0.25) is 0 Å². The Labute approximate surface area is 219 Å². The molecular weight excluding hydrogens is 518 g/mol. The number of hydrogen-bond donors (Lipinski definition) is 0. The van der Waals surface area contributed by atoms with Crippen molar-refractivity contribution in [3.05, 3.63) is 90.8 Å². The summed E-state index contributed by atoms with van der Waals surface area (Å²) >= 11 is 5.88. The van der Waals surface area contributed by atoms with E-state index in [2.05, 4.69) is 9.98 Å². The zero-order chi connectivity index (χ0) is 27.4. The van der Waals surface area contributed by atoms with E-state index in [1.807, 2.05) is 0 Å². The maximum Gasteiger partial charge on any atom is 0.341 e. The monoisotopic (exact) mass is 539 g/mol. The number of nitro groups is 1. The fourth-order valence-electron chi connectivity index (χ4n) is 3.88. The molecule has 1 amide bonds. The van der Waals surface area contributed by atoms with Crippen LogP contribution in [-0.2, 0) is 16.0 Å². The molecule has 0 atom stereocenters. The molecule has 4 rings (SSSR count). The molecule has 4 aromatic rings. The summed E-state index contributed by atoms with van der Waals surface area (Å²) in [6, 6.07) is 9.86. The number of esters is 1. The molecule has 0 saturated heterocycles. The lowest BCUT2D eigenvalue weighted by molar-refractivity contribution is -0.384. The van der Waals surface area contributed by atoms with Gasteiger partial charge in [-0.2, -0.15) is 4.99 Å². The number of benzene rings is 1. The maximum absolute atomic E-state index is 13.3. The minimum absolute atomic E-state index is 0.0340. The van der Waals surface area contributed by atoms with Gasteiger partial charge in [-0.3, -0.25) is 24.1 Å². The minimum atomic E-state index is -0.868. The van der Waals surface area contributed by atoms with Crippen LogP contribution in [0.25, 0.3) is 16.7 Å². The van der Waals surface area contributed by atoms with Crippen LogP contribution in [0.2, 0.25) is 5.02 Å². The fourth-order valence-corrected chi connectivity index (χ4v) is 4.07. The van der Waals surface area contributed by atoms with Crippen LogP contribution in [0, 0.1) is 10.1 Å². The molecular formula is C25H22ClN5O7. The van der Waals surface area contributed by atoms with Crippen LogP contribution in [-0.4, -0.2) is 51.1 Å². The summed E-state index contributed by atoms with van der Waals surface area (Å²) in [7, 11) is 1.53. The van der Waals surface area contributed by atoms with Gasteiger partial charge < -0.3 is 14.0 Å². The maximum atomic E-state index is 13.3. The van der Waals surface area contributed by atoms with E-state index in [0.717, 1.165) is 6.07 Å². The molecule has 1 aromatic carbocycles. The summed E-state index contributed by atoms with van der Waals surface area (Å²) in [5.74, 6) is -1.67. The van der Waals surface area contributed by atoms with E-state index >= 15 is 0 Å². The number of carbonyl (C=O) groups excluding carboxylic acids is 2. The number of nitrogens with zero attached hydrogens (tertiary/aromatic N) is 5. The quantitative estimate of drug-likeness (QED) is 0.109. The molecule has 12 nitrogen and oxygen atoms in total. The molecule has 0 unspecified atom stereocenters. The molecule has 0 saturated carbocycles. The molecule has 0 radical (unpaired) electrons. The van der Waals surface area contributed by atoms with Gasteiger partial charge >= 0.3 is 5.97 Å². The highest BCUT2D eigenvalue weighted by Crippen LogP contribution is 2.25. The second-order valence-electron chi connectivity index (χ2n) is 8.02. The number of ether oxygens (including phenoxy) is 2. The van der Waals surface area contributed by atoms with Crippen LogP contribution in [0.15, 0.2) is 58.4 Å². The van der Waals surface area contributed by atoms with E-state index in [1.165, 1.54) is 34.3 Å². The van der Waals surface area contributed by atoms with Crippen LogP contribution in [0.5, 0.6) is 0 Å². The largest absolute Gasteiger partial charge is 0.462 e. The third kappa shape index (κ3) is 5.17. The van der Waals surface area contributed by atoms with Gasteiger partial charge in [-0.1, -0.05) is 17.7 Å². The Hall–Kier alpha value is -4.42. The Balaban J connectivity index is 2.07. The Bertz CT molecular complexity index is 1710. The standard InChI is InChI=1S/C25H22ClN5O7/c1-3-38-25(34)17-14-16-21(27-20-7-4-5-10-29(20)24(16)33)30(11-6-12-37-2)22(17)28-23(32)15-8-9-18(26)19(13-15)31(35)36/h4-5,7-10,13-14H,3,6,11-12H2,1-2H3. The lowest BCUT2D eigenvalue weighted by atomic mass is 10.1. The van der Waals surface area contributed by atoms with Crippen molar-refractivity contribution in [1.82, 2.24) is 14.0 Å². The van der Waals surface area contributed by atoms with Crippen LogP contribution in [0.4, 0.5) is 5.69 Å². The van der Waals surface area contributed by atoms with E-state index in [1.54, 1.807) is 31.3 Å². The van der Waals surface area contributed by atoms with Gasteiger partial charge in [-0.15, -0.1) is 0 Å². The molecule has 0 N–H and O–H groups in total. The number of aryl methyl sites for hydroxylation is 1. The van der Waals surface area contributed by atoms with Gasteiger partial charge in [0.25, 0.3) is 17.2 Å². The Morgan fingerprint density at radius 3 is 2.71 bits per heavy atom. The van der Waals surface area contributed by atoms with Gasteiger partial charge in [0.05, 0.1) is 16.9 Å². The SMILES string of the molecule is CCOC(=O)c1cc2c(=O)n3ccccc3nc2n(CCCOC)c1=NC(=O)c1ccc(Cl)c([N+](=O)[O-])c1. The summed E-state index contributed by atoms with van der Waals surface area (Å²) in [4.78, 5) is 59.0. The zero-order valence-corrected chi connectivity index (χ0v) is 21.2. The highest BCUT2D eigenvalue weighted by molar-refractivity contribution is 6.32. The van der Waals surface area contributed by atoms with Crippen molar-refractivity contribution in [1.29, 1.82) is 0 Å². The highest BCUT2D eigenvalue weighted by Gasteiger charge is 2.21. The first kappa shape index (κ1) is 26.6. The third-order valence-electron chi connectivity index (χ3n) is 5.61. The first-order valence-corrected chi connectivity index (χ1v) is 11.9. The summed E-state index contributed by atoms with van der Waals surface area (Å²) in [5.41, 5.74) is -0.719. The first-order chi connectivity index (χ1) is 18.3. The van der Waals surface area contributed by atoms with Gasteiger partial charge in [0.15, 0.2) is 5.49 Å². The fraction of sp³-hybridized carbons (Fsp3) is 0.240. The predicted molar refractivity (Wildman–Crippen MR) is 137 cm³/mol. The first-order valence-electron chi connectivity index (χ1n) is 11.5. The van der Waals surface area contributed by atoms with Crippen LogP contribution >= 0.6 is 11.6 Å². The molecule has 0 aliphatic carbocycles. The summed E-state index contributed by atoms with van der Waals surface area (Å²) in [5, 5.41) is 11.3. The third-order valence-corrected chi connectivity index (χ3v) is 5.93. The number of fused-ring (bicyclic) bond motifs is 2. The van der Waals surface area contributed by atoms with E-state index in [0.29, 0.717) is 18.7 Å². The van der Waals surface area contributed by atoms with Crippen molar-refractivity contribution in [2.24, 2.45) is 4.99 Å². The van der Waals surface area contributed by atoms with Crippen LogP contribution < -0.4 is 11.0 Å². The van der Waals surface area contributed by atoms with Crippen molar-refractivity contribution in [3.8, 4) is 0 Å². The molecule has 0 aliphatic heterocycles. The number of hydrogen-bond acceptors (Lipinski definition) is 8. The number of carbonyl (C=O) groups is 2. The van der Waals surface area contributed by atoms with E-state index in [-0.39, 0.29) is 45.8 Å². The average molecular weight is 540 g/mol. The minimum Gasteiger partial charge on any atom is -0.462 e. The molecule has 3 heterocycles. The molecule has 13 heteroatoms. The van der Waals surface area contributed by atoms with E-state index in [9.17, 15) is 24.5 Å². The predicted octanol–water partition coefficient (Wildman–Crippen LogP) is 3.17. The van der Waals surface area contributed by atoms with Crippen LogP contribution in [0.3, 0.4) is 0 Å². The lowest BCUT2D eigenvalue weighted by Crippen LogP contribution is -2.33. The number of amides is 1. The molecule has 0 fully saturated rings. The number of aromatic nitrogens is 3. The highest BCUT2D eigenvalue weighted by atomic mass is 35.5. The molecule has 196 valence electrons. The number of rotatable bonds is 8. The second-order valence-corrected chi connectivity index (χ2v) is 8.43. The summed E-state index contributed by atoms with van der Waals surface area (Å²) in [6.07, 6.45) is 1.99. The van der Waals surface area contributed by atoms with Gasteiger partial charge in [-0.25, -0.2) is 9.78 Å². The van der Waals surface area contributed by atoms with Crippen molar-refractivity contribution in [2.45, 2.75) is 19.9 Å².